The molecule has 21 heavy (non-hydrogen) atoms. The minimum atomic E-state index is -0.888. The Hall–Kier alpha value is -1.91. The lowest BCUT2D eigenvalue weighted by molar-refractivity contribution is 0.145. The monoisotopic (exact) mass is 289 g/mol. The zero-order valence-electron chi connectivity index (χ0n) is 12.2. The van der Waals surface area contributed by atoms with Crippen molar-refractivity contribution in [1.82, 2.24) is 0 Å². The van der Waals surface area contributed by atoms with Gasteiger partial charge in [-0.2, -0.15) is 0 Å². The summed E-state index contributed by atoms with van der Waals surface area (Å²) in [4.78, 5) is 0. The zero-order chi connectivity index (χ0) is 15.4. The van der Waals surface area contributed by atoms with Gasteiger partial charge in [-0.25, -0.2) is 4.39 Å². The Kier molecular flexibility index (Phi) is 4.94. The summed E-state index contributed by atoms with van der Waals surface area (Å²) < 4.78 is 19.0. The average molecular weight is 289 g/mol. The van der Waals surface area contributed by atoms with Crippen molar-refractivity contribution in [3.05, 3.63) is 65.0 Å². The maximum absolute atomic E-state index is 13.7. The molecule has 2 atom stereocenters. The molecule has 2 unspecified atom stereocenters. The fraction of sp³-hybridized carbons (Fsp3) is 0.294. The van der Waals surface area contributed by atoms with Crippen molar-refractivity contribution < 1.29 is 14.2 Å². The molecule has 0 fully saturated rings. The minimum Gasteiger partial charge on any atom is -0.496 e. The van der Waals surface area contributed by atoms with Crippen LogP contribution >= 0.6 is 0 Å². The molecule has 0 saturated carbocycles. The smallest absolute Gasteiger partial charge is 0.126 e. The summed E-state index contributed by atoms with van der Waals surface area (Å²) in [6, 6.07) is 12.1. The number of hydrogen-bond acceptors (Lipinski definition) is 3. The van der Waals surface area contributed by atoms with Gasteiger partial charge in [-0.1, -0.05) is 30.3 Å². The molecule has 0 aliphatic rings. The molecule has 2 aromatic carbocycles. The summed E-state index contributed by atoms with van der Waals surface area (Å²) in [7, 11) is 1.57. The Morgan fingerprint density at radius 1 is 1.24 bits per heavy atom. The van der Waals surface area contributed by atoms with E-state index in [0.717, 1.165) is 5.56 Å². The second-order valence-corrected chi connectivity index (χ2v) is 5.04. The van der Waals surface area contributed by atoms with E-state index < -0.39 is 6.10 Å². The van der Waals surface area contributed by atoms with Gasteiger partial charge in [0.2, 0.25) is 0 Å². The quantitative estimate of drug-likeness (QED) is 0.890. The van der Waals surface area contributed by atoms with Gasteiger partial charge in [0.25, 0.3) is 0 Å². The second-order valence-electron chi connectivity index (χ2n) is 5.04. The van der Waals surface area contributed by atoms with Gasteiger partial charge in [0.15, 0.2) is 0 Å². The first-order valence-electron chi connectivity index (χ1n) is 6.85. The van der Waals surface area contributed by atoms with Crippen LogP contribution in [-0.4, -0.2) is 18.8 Å². The highest BCUT2D eigenvalue weighted by molar-refractivity contribution is 5.39. The van der Waals surface area contributed by atoms with Crippen LogP contribution in [0.15, 0.2) is 42.5 Å². The van der Waals surface area contributed by atoms with E-state index in [2.05, 4.69) is 0 Å². The Bertz CT molecular complexity index is 615. The van der Waals surface area contributed by atoms with Gasteiger partial charge in [-0.3, -0.25) is 0 Å². The van der Waals surface area contributed by atoms with Crippen molar-refractivity contribution in [2.45, 2.75) is 18.9 Å². The van der Waals surface area contributed by atoms with E-state index >= 15 is 0 Å². The number of para-hydroxylation sites is 1. The first kappa shape index (κ1) is 15.5. The topological polar surface area (TPSA) is 55.5 Å². The largest absolute Gasteiger partial charge is 0.496 e. The minimum absolute atomic E-state index is 0.233. The molecule has 0 bridgehead atoms. The third kappa shape index (κ3) is 3.23. The van der Waals surface area contributed by atoms with Crippen LogP contribution < -0.4 is 10.5 Å². The summed E-state index contributed by atoms with van der Waals surface area (Å²) in [6.45, 7) is 1.92. The van der Waals surface area contributed by atoms with Crippen LogP contribution in [0.5, 0.6) is 5.75 Å². The first-order valence-corrected chi connectivity index (χ1v) is 6.85. The van der Waals surface area contributed by atoms with Gasteiger partial charge in [0, 0.05) is 18.0 Å². The number of aliphatic hydroxyl groups is 1. The van der Waals surface area contributed by atoms with Crippen molar-refractivity contribution in [3.63, 3.8) is 0 Å². The number of ether oxygens (including phenoxy) is 1. The summed E-state index contributed by atoms with van der Waals surface area (Å²) in [5.41, 5.74) is 7.70. The Morgan fingerprint density at radius 3 is 2.57 bits per heavy atom. The molecule has 0 heterocycles. The molecule has 4 heteroatoms. The third-order valence-electron chi connectivity index (χ3n) is 3.71. The van der Waals surface area contributed by atoms with Gasteiger partial charge < -0.3 is 15.6 Å². The molecule has 0 spiro atoms. The predicted octanol–water partition coefficient (Wildman–Crippen LogP) is 2.92. The van der Waals surface area contributed by atoms with Gasteiger partial charge >= 0.3 is 0 Å². The highest BCUT2D eigenvalue weighted by atomic mass is 19.1. The predicted molar refractivity (Wildman–Crippen MR) is 80.9 cm³/mol. The molecule has 0 aromatic heterocycles. The molecule has 3 nitrogen and oxygen atoms in total. The molecule has 112 valence electrons. The van der Waals surface area contributed by atoms with Crippen molar-refractivity contribution in [3.8, 4) is 5.75 Å². The van der Waals surface area contributed by atoms with Crippen LogP contribution in [0.1, 0.15) is 28.7 Å². The van der Waals surface area contributed by atoms with E-state index in [1.165, 1.54) is 6.07 Å². The maximum atomic E-state index is 13.7. The van der Waals surface area contributed by atoms with Gasteiger partial charge in [0.1, 0.15) is 11.6 Å². The average Bonchev–Trinajstić information content (AvgIpc) is 2.51. The number of benzene rings is 2. The Labute approximate surface area is 124 Å². The normalized spacial score (nSPS) is 13.8. The first-order chi connectivity index (χ1) is 10.1. The summed E-state index contributed by atoms with van der Waals surface area (Å²) in [5, 5.41) is 10.6. The number of methoxy groups -OCH3 is 1. The summed E-state index contributed by atoms with van der Waals surface area (Å²) in [6.07, 6.45) is -0.888. The number of hydrogen-bond donors (Lipinski definition) is 2. The van der Waals surface area contributed by atoms with Crippen LogP contribution in [0.2, 0.25) is 0 Å². The van der Waals surface area contributed by atoms with Crippen LogP contribution in [0.3, 0.4) is 0 Å². The van der Waals surface area contributed by atoms with Gasteiger partial charge in [-0.05, 0) is 30.2 Å². The van der Waals surface area contributed by atoms with Crippen LogP contribution in [0, 0.1) is 12.7 Å². The number of nitrogens with two attached hydrogens (primary N) is 1. The molecule has 0 saturated heterocycles. The van der Waals surface area contributed by atoms with E-state index in [0.29, 0.717) is 16.9 Å². The van der Waals surface area contributed by atoms with E-state index in [1.54, 1.807) is 26.2 Å². The number of aliphatic hydroxyl groups excluding tert-OH is 1. The SMILES string of the molecule is COc1ccccc1C(CN)C(O)c1ccc(C)c(F)c1. The van der Waals surface area contributed by atoms with Gasteiger partial charge in [0.05, 0.1) is 13.2 Å². The highest BCUT2D eigenvalue weighted by Gasteiger charge is 2.24. The molecular formula is C17H20FNO2. The number of halogens is 1. The van der Waals surface area contributed by atoms with Crippen molar-refractivity contribution in [2.24, 2.45) is 5.73 Å². The summed E-state index contributed by atoms with van der Waals surface area (Å²) >= 11 is 0. The lowest BCUT2D eigenvalue weighted by Gasteiger charge is -2.24. The Balaban J connectivity index is 2.38. The molecule has 3 N–H and O–H groups in total. The summed E-state index contributed by atoms with van der Waals surface area (Å²) in [5.74, 6) is -0.0230. The van der Waals surface area contributed by atoms with E-state index in [-0.39, 0.29) is 18.3 Å². The van der Waals surface area contributed by atoms with Crippen LogP contribution in [0.25, 0.3) is 0 Å². The van der Waals surface area contributed by atoms with Crippen molar-refractivity contribution in [1.29, 1.82) is 0 Å². The van der Waals surface area contributed by atoms with E-state index in [4.69, 9.17) is 10.5 Å². The molecule has 0 radical (unpaired) electrons. The molecule has 2 rings (SSSR count). The lowest BCUT2D eigenvalue weighted by atomic mass is 9.88. The van der Waals surface area contributed by atoms with Crippen LogP contribution in [0.4, 0.5) is 4.39 Å². The fourth-order valence-corrected chi connectivity index (χ4v) is 2.42. The van der Waals surface area contributed by atoms with E-state index in [9.17, 15) is 9.50 Å². The highest BCUT2D eigenvalue weighted by Crippen LogP contribution is 2.35. The fourth-order valence-electron chi connectivity index (χ4n) is 2.42. The standard InChI is InChI=1S/C17H20FNO2/c1-11-7-8-12(9-15(11)18)17(20)14(10-19)13-5-3-4-6-16(13)21-2/h3-9,14,17,20H,10,19H2,1-2H3. The maximum Gasteiger partial charge on any atom is 0.126 e. The lowest BCUT2D eigenvalue weighted by Crippen LogP contribution is -2.21. The Morgan fingerprint density at radius 2 is 1.95 bits per heavy atom. The molecule has 0 aliphatic heterocycles. The van der Waals surface area contributed by atoms with Crippen molar-refractivity contribution in [2.75, 3.05) is 13.7 Å². The molecule has 0 amide bonds. The third-order valence-corrected chi connectivity index (χ3v) is 3.71. The zero-order valence-corrected chi connectivity index (χ0v) is 12.2. The number of rotatable bonds is 5. The van der Waals surface area contributed by atoms with Crippen LogP contribution in [-0.2, 0) is 0 Å². The molecule has 0 aliphatic carbocycles. The van der Waals surface area contributed by atoms with Gasteiger partial charge in [-0.15, -0.1) is 0 Å². The van der Waals surface area contributed by atoms with E-state index in [1.807, 2.05) is 24.3 Å². The number of aryl methyl sites for hydroxylation is 1. The van der Waals surface area contributed by atoms with Crippen molar-refractivity contribution >= 4 is 0 Å². The molecular weight excluding hydrogens is 269 g/mol. The molecule has 2 aromatic rings. The second kappa shape index (κ2) is 6.70.